The third kappa shape index (κ3) is 4.72. The highest BCUT2D eigenvalue weighted by Gasteiger charge is 2.38. The lowest BCUT2D eigenvalue weighted by Gasteiger charge is -2.34. The number of likely N-dealkylation sites (N-methyl/N-ethyl adjacent to an activating group) is 1. The van der Waals surface area contributed by atoms with Crippen LogP contribution in [0.3, 0.4) is 0 Å². The van der Waals surface area contributed by atoms with Crippen LogP contribution in [0, 0.1) is 0 Å². The van der Waals surface area contributed by atoms with E-state index in [9.17, 15) is 14.4 Å². The molecule has 1 N–H and O–H groups in total. The monoisotopic (exact) mass is 468 g/mol. The molecule has 2 heterocycles. The number of ether oxygens (including phenoxy) is 1. The van der Waals surface area contributed by atoms with E-state index in [1.165, 1.54) is 14.5 Å². The largest absolute Gasteiger partial charge is 0.374 e. The Morgan fingerprint density at radius 3 is 2.52 bits per heavy atom. The molecule has 0 saturated heterocycles. The molecule has 1 aliphatic heterocycles. The van der Waals surface area contributed by atoms with Crippen LogP contribution in [0.5, 0.6) is 0 Å². The number of benzene rings is 2. The number of rotatable bonds is 7. The van der Waals surface area contributed by atoms with Gasteiger partial charge in [-0.2, -0.15) is 0 Å². The van der Waals surface area contributed by atoms with E-state index in [0.29, 0.717) is 28.6 Å². The van der Waals surface area contributed by atoms with Crippen molar-refractivity contribution in [2.24, 2.45) is 0 Å². The molecule has 4 rings (SSSR count). The van der Waals surface area contributed by atoms with Gasteiger partial charge in [0.1, 0.15) is 6.54 Å². The fraction of sp³-hybridized carbons (Fsp3) is 0.292. The van der Waals surface area contributed by atoms with Gasteiger partial charge in [0.25, 0.3) is 5.56 Å². The minimum absolute atomic E-state index is 0.0160. The lowest BCUT2D eigenvalue weighted by Crippen LogP contribution is -2.48. The Bertz CT molecular complexity index is 1220. The van der Waals surface area contributed by atoms with E-state index in [-0.39, 0.29) is 36.9 Å². The molecule has 9 heteroatoms. The number of halogens is 1. The maximum Gasteiger partial charge on any atom is 0.276 e. The molecule has 0 bridgehead atoms. The van der Waals surface area contributed by atoms with Crippen LogP contribution in [0.15, 0.2) is 59.4 Å². The molecule has 0 radical (unpaired) electrons. The fourth-order valence-electron chi connectivity index (χ4n) is 3.88. The van der Waals surface area contributed by atoms with Crippen molar-refractivity contribution in [2.75, 3.05) is 27.2 Å². The van der Waals surface area contributed by atoms with Gasteiger partial charge in [0.15, 0.2) is 0 Å². The van der Waals surface area contributed by atoms with Crippen LogP contribution in [0.4, 0.5) is 0 Å². The number of nitrogens with one attached hydrogen (secondary N) is 1. The molecule has 2 aromatic carbocycles. The van der Waals surface area contributed by atoms with Crippen molar-refractivity contribution >= 4 is 23.4 Å². The van der Waals surface area contributed by atoms with E-state index in [4.69, 9.17) is 16.3 Å². The molecule has 2 amide bonds. The van der Waals surface area contributed by atoms with Gasteiger partial charge in [0.05, 0.1) is 47.6 Å². The fourth-order valence-corrected chi connectivity index (χ4v) is 4.10. The van der Waals surface area contributed by atoms with Gasteiger partial charge < -0.3 is 14.5 Å². The zero-order valence-electron chi connectivity index (χ0n) is 18.5. The van der Waals surface area contributed by atoms with Gasteiger partial charge in [-0.05, 0) is 17.7 Å². The lowest BCUT2D eigenvalue weighted by atomic mass is 9.98. The minimum atomic E-state index is -0.707. The Kier molecular flexibility index (Phi) is 6.67. The second-order valence-corrected chi connectivity index (χ2v) is 8.51. The standard InChI is InChI=1S/C24H25ClN4O4/c1-27(2)22(31)13-28-20(15-33-14-16-8-4-3-5-9-16)23-18(12-21(28)30)26-29(24(23)32)19-11-7-6-10-17(19)25/h3-11,20,26H,12-15H2,1-2H3. The van der Waals surface area contributed by atoms with Crippen molar-refractivity contribution in [1.29, 1.82) is 0 Å². The van der Waals surface area contributed by atoms with Crippen molar-refractivity contribution in [3.05, 3.63) is 86.8 Å². The molecule has 172 valence electrons. The zero-order chi connectivity index (χ0) is 23.5. The maximum absolute atomic E-state index is 13.5. The first-order chi connectivity index (χ1) is 15.9. The molecule has 1 atom stereocenters. The number of amides is 2. The highest BCUT2D eigenvalue weighted by atomic mass is 35.5. The van der Waals surface area contributed by atoms with Gasteiger partial charge in [-0.15, -0.1) is 0 Å². The average molecular weight is 469 g/mol. The Hall–Kier alpha value is -3.36. The molecule has 0 aliphatic carbocycles. The highest BCUT2D eigenvalue weighted by molar-refractivity contribution is 6.32. The maximum atomic E-state index is 13.5. The molecule has 1 unspecified atom stereocenters. The average Bonchev–Trinajstić information content (AvgIpc) is 3.12. The van der Waals surface area contributed by atoms with Crippen LogP contribution in [0.1, 0.15) is 22.9 Å². The van der Waals surface area contributed by atoms with E-state index < -0.39 is 6.04 Å². The first kappa shape index (κ1) is 22.8. The number of H-pyrrole nitrogens is 1. The number of nitrogens with zero attached hydrogens (tertiary/aromatic N) is 3. The summed E-state index contributed by atoms with van der Waals surface area (Å²) < 4.78 is 7.27. The minimum Gasteiger partial charge on any atom is -0.374 e. The van der Waals surface area contributed by atoms with Crippen molar-refractivity contribution < 1.29 is 14.3 Å². The van der Waals surface area contributed by atoms with E-state index in [2.05, 4.69) is 5.10 Å². The predicted molar refractivity (Wildman–Crippen MR) is 124 cm³/mol. The number of carbonyl (C=O) groups excluding carboxylic acids is 2. The molecule has 33 heavy (non-hydrogen) atoms. The second kappa shape index (κ2) is 9.64. The zero-order valence-corrected chi connectivity index (χ0v) is 19.2. The van der Waals surface area contributed by atoms with Gasteiger partial charge in [0.2, 0.25) is 11.8 Å². The summed E-state index contributed by atoms with van der Waals surface area (Å²) in [6.45, 7) is 0.255. The van der Waals surface area contributed by atoms with Gasteiger partial charge >= 0.3 is 0 Å². The van der Waals surface area contributed by atoms with Gasteiger partial charge in [0, 0.05) is 14.1 Å². The number of fused-ring (bicyclic) bond motifs is 1. The van der Waals surface area contributed by atoms with Crippen molar-refractivity contribution in [1.82, 2.24) is 19.6 Å². The first-order valence-corrected chi connectivity index (χ1v) is 10.9. The number of aromatic amines is 1. The molecule has 0 spiro atoms. The van der Waals surface area contributed by atoms with Crippen LogP contribution in [-0.2, 0) is 27.4 Å². The number of para-hydroxylation sites is 1. The van der Waals surface area contributed by atoms with E-state index in [0.717, 1.165) is 5.56 Å². The summed E-state index contributed by atoms with van der Waals surface area (Å²) in [5, 5.41) is 3.45. The van der Waals surface area contributed by atoms with Crippen LogP contribution in [-0.4, -0.2) is 58.6 Å². The van der Waals surface area contributed by atoms with Crippen LogP contribution in [0.2, 0.25) is 5.02 Å². The van der Waals surface area contributed by atoms with Gasteiger partial charge in [-0.3, -0.25) is 19.5 Å². The van der Waals surface area contributed by atoms with E-state index in [1.54, 1.807) is 38.4 Å². The molecule has 3 aromatic rings. The topological polar surface area (TPSA) is 87.6 Å². The Morgan fingerprint density at radius 2 is 1.82 bits per heavy atom. The highest BCUT2D eigenvalue weighted by Crippen LogP contribution is 2.29. The predicted octanol–water partition coefficient (Wildman–Crippen LogP) is 2.55. The number of carbonyl (C=O) groups is 2. The van der Waals surface area contributed by atoms with E-state index >= 15 is 0 Å². The molecular weight excluding hydrogens is 444 g/mol. The van der Waals surface area contributed by atoms with Gasteiger partial charge in [-0.1, -0.05) is 54.1 Å². The number of hydrogen-bond acceptors (Lipinski definition) is 4. The van der Waals surface area contributed by atoms with Crippen molar-refractivity contribution in [3.8, 4) is 5.69 Å². The summed E-state index contributed by atoms with van der Waals surface area (Å²) in [7, 11) is 3.26. The molecule has 0 fully saturated rings. The van der Waals surface area contributed by atoms with Gasteiger partial charge in [-0.25, -0.2) is 4.68 Å². The summed E-state index contributed by atoms with van der Waals surface area (Å²) in [6.07, 6.45) is -0.0160. The Labute approximate surface area is 196 Å². The SMILES string of the molecule is CN(C)C(=O)CN1C(=O)Cc2[nH]n(-c3ccccc3Cl)c(=O)c2C1COCc1ccccc1. The normalized spacial score (nSPS) is 15.4. The summed E-state index contributed by atoms with van der Waals surface area (Å²) in [5.74, 6) is -0.486. The summed E-state index contributed by atoms with van der Waals surface area (Å²) in [6, 6.07) is 15.9. The van der Waals surface area contributed by atoms with Crippen molar-refractivity contribution in [2.45, 2.75) is 19.1 Å². The Balaban J connectivity index is 1.70. The van der Waals surface area contributed by atoms with Crippen molar-refractivity contribution in [3.63, 3.8) is 0 Å². The molecular formula is C24H25ClN4O4. The molecule has 1 aromatic heterocycles. The second-order valence-electron chi connectivity index (χ2n) is 8.10. The van der Waals surface area contributed by atoms with Crippen LogP contribution >= 0.6 is 11.6 Å². The number of aromatic nitrogens is 2. The quantitative estimate of drug-likeness (QED) is 0.577. The lowest BCUT2D eigenvalue weighted by molar-refractivity contribution is -0.143. The van der Waals surface area contributed by atoms with Crippen LogP contribution in [0.25, 0.3) is 5.69 Å². The summed E-state index contributed by atoms with van der Waals surface area (Å²) in [4.78, 5) is 41.8. The smallest absolute Gasteiger partial charge is 0.276 e. The van der Waals surface area contributed by atoms with E-state index in [1.807, 2.05) is 30.3 Å². The molecule has 0 saturated carbocycles. The summed E-state index contributed by atoms with van der Waals surface area (Å²) in [5.41, 5.74) is 2.06. The molecule has 8 nitrogen and oxygen atoms in total. The Morgan fingerprint density at radius 1 is 1.12 bits per heavy atom. The van der Waals surface area contributed by atoms with Crippen LogP contribution < -0.4 is 5.56 Å². The molecule has 1 aliphatic rings. The number of hydrogen-bond donors (Lipinski definition) is 1. The summed E-state index contributed by atoms with van der Waals surface area (Å²) >= 11 is 6.31. The third-order valence-electron chi connectivity index (χ3n) is 5.65. The third-order valence-corrected chi connectivity index (χ3v) is 5.97. The first-order valence-electron chi connectivity index (χ1n) is 10.6.